The van der Waals surface area contributed by atoms with Crippen LogP contribution in [0.5, 0.6) is 0 Å². The molecule has 2 saturated carbocycles. The molecule has 0 radical (unpaired) electrons. The van der Waals surface area contributed by atoms with Crippen LogP contribution < -0.4 is 0 Å². The van der Waals surface area contributed by atoms with E-state index in [-0.39, 0.29) is 29.3 Å². The average Bonchev–Trinajstić information content (AvgIpc) is 3.43. The molecular weight excluding hydrogens is 321 g/mol. The lowest BCUT2D eigenvalue weighted by Gasteiger charge is -2.56. The first-order valence-electron chi connectivity index (χ1n) is 9.37. The van der Waals surface area contributed by atoms with Crippen molar-refractivity contribution in [2.24, 2.45) is 5.41 Å². The summed E-state index contributed by atoms with van der Waals surface area (Å²) in [4.78, 5) is 15.1. The van der Waals surface area contributed by atoms with Crippen LogP contribution in [-0.4, -0.2) is 47.8 Å². The zero-order chi connectivity index (χ0) is 17.7. The minimum absolute atomic E-state index is 0.122. The second kappa shape index (κ2) is 6.06. The summed E-state index contributed by atoms with van der Waals surface area (Å²) in [6.07, 6.45) is 3.78. The molecule has 25 heavy (non-hydrogen) atoms. The molecule has 1 N–H and O–H groups in total. The molecule has 3 fully saturated rings. The molecule has 4 nitrogen and oxygen atoms in total. The topological polar surface area (TPSA) is 49.8 Å². The number of ether oxygens (including phenoxy) is 1. The third kappa shape index (κ3) is 2.59. The second-order valence-electron chi connectivity index (χ2n) is 7.81. The van der Waals surface area contributed by atoms with Crippen LogP contribution in [0.2, 0.25) is 0 Å². The van der Waals surface area contributed by atoms with Crippen molar-refractivity contribution in [1.29, 1.82) is 0 Å². The Morgan fingerprint density at radius 1 is 1.24 bits per heavy atom. The van der Waals surface area contributed by atoms with Gasteiger partial charge in [0.15, 0.2) is 0 Å². The third-order valence-corrected chi connectivity index (χ3v) is 6.65. The number of carbonyl (C=O) groups excluding carboxylic acids is 1. The normalized spacial score (nSPS) is 29.3. The van der Waals surface area contributed by atoms with E-state index in [4.69, 9.17) is 4.74 Å². The first-order valence-corrected chi connectivity index (χ1v) is 9.37. The summed E-state index contributed by atoms with van der Waals surface area (Å²) in [5.41, 5.74) is 0.310. The number of hydrogen-bond donors (Lipinski definition) is 1. The van der Waals surface area contributed by atoms with Crippen LogP contribution in [0, 0.1) is 11.2 Å². The summed E-state index contributed by atoms with van der Waals surface area (Å²) in [6.45, 7) is 3.98. The predicted molar refractivity (Wildman–Crippen MR) is 91.6 cm³/mol. The minimum Gasteiger partial charge on any atom is -0.392 e. The fourth-order valence-electron chi connectivity index (χ4n) is 4.77. The fraction of sp³-hybridized carbons (Fsp3) is 0.650. The van der Waals surface area contributed by atoms with Gasteiger partial charge in [0.1, 0.15) is 5.82 Å². The fourth-order valence-corrected chi connectivity index (χ4v) is 4.77. The number of benzene rings is 1. The molecule has 1 aromatic carbocycles. The summed E-state index contributed by atoms with van der Waals surface area (Å²) < 4.78 is 19.0. The predicted octanol–water partition coefficient (Wildman–Crippen LogP) is 2.64. The number of nitrogens with zero attached hydrogens (tertiary/aromatic N) is 1. The van der Waals surface area contributed by atoms with Gasteiger partial charge in [0.25, 0.3) is 0 Å². The molecule has 5 heteroatoms. The van der Waals surface area contributed by atoms with Gasteiger partial charge in [-0.15, -0.1) is 0 Å². The van der Waals surface area contributed by atoms with Gasteiger partial charge in [-0.25, -0.2) is 4.39 Å². The van der Waals surface area contributed by atoms with E-state index >= 15 is 0 Å². The highest BCUT2D eigenvalue weighted by atomic mass is 19.1. The molecule has 4 rings (SSSR count). The van der Waals surface area contributed by atoms with E-state index in [1.807, 2.05) is 11.8 Å². The molecule has 0 unspecified atom stereocenters. The number of carbonyl (C=O) groups is 1. The quantitative estimate of drug-likeness (QED) is 0.911. The number of rotatable bonds is 4. The van der Waals surface area contributed by atoms with Crippen molar-refractivity contribution in [3.05, 3.63) is 35.6 Å². The van der Waals surface area contributed by atoms with Crippen LogP contribution in [0.3, 0.4) is 0 Å². The molecule has 0 aromatic heterocycles. The number of piperidine rings is 1. The molecule has 1 spiro atoms. The number of amides is 1. The SMILES string of the molecule is CCO[C@@H]1C[C@@H](O)C12CCN(C(=O)C1(c3ccc(F)cc3)CC1)CC2. The van der Waals surface area contributed by atoms with E-state index in [2.05, 4.69) is 0 Å². The van der Waals surface area contributed by atoms with E-state index < -0.39 is 5.41 Å². The van der Waals surface area contributed by atoms with Crippen molar-refractivity contribution in [1.82, 2.24) is 4.90 Å². The lowest BCUT2D eigenvalue weighted by Crippen LogP contribution is -2.63. The molecule has 3 aliphatic rings. The zero-order valence-electron chi connectivity index (χ0n) is 14.7. The standard InChI is InChI=1S/C20H26FNO3/c1-2-25-17-13-16(23)20(17)9-11-22(12-10-20)18(24)19(7-8-19)14-3-5-15(21)6-4-14/h3-6,16-17,23H,2,7-13H2,1H3/t16-,17-/m1/s1. The summed E-state index contributed by atoms with van der Waals surface area (Å²) in [5, 5.41) is 10.3. The molecule has 1 heterocycles. The van der Waals surface area contributed by atoms with E-state index in [9.17, 15) is 14.3 Å². The van der Waals surface area contributed by atoms with Gasteiger partial charge in [0.05, 0.1) is 17.6 Å². The monoisotopic (exact) mass is 347 g/mol. The number of halogens is 1. The van der Waals surface area contributed by atoms with Crippen LogP contribution in [0.4, 0.5) is 4.39 Å². The molecule has 2 aliphatic carbocycles. The van der Waals surface area contributed by atoms with Crippen molar-refractivity contribution in [3.63, 3.8) is 0 Å². The van der Waals surface area contributed by atoms with Crippen LogP contribution >= 0.6 is 0 Å². The van der Waals surface area contributed by atoms with E-state index in [0.717, 1.165) is 31.2 Å². The molecule has 0 bridgehead atoms. The second-order valence-corrected chi connectivity index (χ2v) is 7.81. The van der Waals surface area contributed by atoms with Crippen molar-refractivity contribution in [2.45, 2.75) is 56.7 Å². The Hall–Kier alpha value is -1.46. The van der Waals surface area contributed by atoms with Crippen molar-refractivity contribution >= 4 is 5.91 Å². The number of hydrogen-bond acceptors (Lipinski definition) is 3. The smallest absolute Gasteiger partial charge is 0.233 e. The Bertz CT molecular complexity index is 645. The van der Waals surface area contributed by atoms with Gasteiger partial charge in [-0.1, -0.05) is 12.1 Å². The zero-order valence-corrected chi connectivity index (χ0v) is 14.7. The molecule has 1 aromatic rings. The Kier molecular flexibility index (Phi) is 4.12. The minimum atomic E-state index is -0.449. The number of likely N-dealkylation sites (tertiary alicyclic amines) is 1. The van der Waals surface area contributed by atoms with Gasteiger partial charge < -0.3 is 14.7 Å². The highest BCUT2D eigenvalue weighted by molar-refractivity contribution is 5.91. The van der Waals surface area contributed by atoms with E-state index in [0.29, 0.717) is 26.1 Å². The molecule has 1 saturated heterocycles. The van der Waals surface area contributed by atoms with Gasteiger partial charge in [-0.2, -0.15) is 0 Å². The summed E-state index contributed by atoms with van der Waals surface area (Å²) in [6, 6.07) is 6.36. The van der Waals surface area contributed by atoms with Crippen LogP contribution in [0.25, 0.3) is 0 Å². The van der Waals surface area contributed by atoms with Gasteiger partial charge in [0.2, 0.25) is 5.91 Å². The molecular formula is C20H26FNO3. The summed E-state index contributed by atoms with van der Waals surface area (Å²) >= 11 is 0. The highest BCUT2D eigenvalue weighted by Gasteiger charge is 2.58. The van der Waals surface area contributed by atoms with Gasteiger partial charge >= 0.3 is 0 Å². The van der Waals surface area contributed by atoms with Crippen LogP contribution in [-0.2, 0) is 14.9 Å². The Labute approximate surface area is 148 Å². The van der Waals surface area contributed by atoms with Gasteiger partial charge in [-0.3, -0.25) is 4.79 Å². The van der Waals surface area contributed by atoms with Crippen molar-refractivity contribution < 1.29 is 19.0 Å². The average molecular weight is 347 g/mol. The van der Waals surface area contributed by atoms with Gasteiger partial charge in [0, 0.05) is 31.5 Å². The Morgan fingerprint density at radius 2 is 1.88 bits per heavy atom. The highest BCUT2D eigenvalue weighted by Crippen LogP contribution is 2.53. The number of aliphatic hydroxyl groups excluding tert-OH is 1. The molecule has 136 valence electrons. The first kappa shape index (κ1) is 17.0. The maximum absolute atomic E-state index is 13.2. The lowest BCUT2D eigenvalue weighted by atomic mass is 9.58. The van der Waals surface area contributed by atoms with Crippen LogP contribution in [0.15, 0.2) is 24.3 Å². The van der Waals surface area contributed by atoms with E-state index in [1.54, 1.807) is 12.1 Å². The van der Waals surface area contributed by atoms with Crippen LogP contribution in [0.1, 0.15) is 44.6 Å². The maximum atomic E-state index is 13.2. The summed E-state index contributed by atoms with van der Waals surface area (Å²) in [5.74, 6) is -0.108. The largest absolute Gasteiger partial charge is 0.392 e. The third-order valence-electron chi connectivity index (χ3n) is 6.65. The van der Waals surface area contributed by atoms with Crippen molar-refractivity contribution in [3.8, 4) is 0 Å². The number of aliphatic hydroxyl groups is 1. The molecule has 1 amide bonds. The lowest BCUT2D eigenvalue weighted by molar-refractivity contribution is -0.210. The first-order chi connectivity index (χ1) is 12.0. The Morgan fingerprint density at radius 3 is 2.40 bits per heavy atom. The van der Waals surface area contributed by atoms with Gasteiger partial charge in [-0.05, 0) is 50.3 Å². The Balaban J connectivity index is 1.44. The maximum Gasteiger partial charge on any atom is 0.233 e. The van der Waals surface area contributed by atoms with Crippen molar-refractivity contribution in [2.75, 3.05) is 19.7 Å². The molecule has 1 aliphatic heterocycles. The summed E-state index contributed by atoms with van der Waals surface area (Å²) in [7, 11) is 0. The molecule has 2 atom stereocenters. The van der Waals surface area contributed by atoms with E-state index in [1.165, 1.54) is 12.1 Å².